The minimum atomic E-state index is 0.0495. The average molecular weight is 257 g/mol. The van der Waals surface area contributed by atoms with E-state index in [2.05, 4.69) is 30.2 Å². The zero-order chi connectivity index (χ0) is 14.0. The first kappa shape index (κ1) is 13.5. The van der Waals surface area contributed by atoms with Gasteiger partial charge in [-0.2, -0.15) is 0 Å². The van der Waals surface area contributed by atoms with Crippen molar-refractivity contribution in [3.05, 3.63) is 40.7 Å². The summed E-state index contributed by atoms with van der Waals surface area (Å²) in [6, 6.07) is 6.08. The predicted molar refractivity (Wildman–Crippen MR) is 74.8 cm³/mol. The SMILES string of the molecule is CCC(=O)c1nnn(-c2cccc(C)c2C)c1CC. The molecule has 0 saturated carbocycles. The van der Waals surface area contributed by atoms with Gasteiger partial charge in [-0.1, -0.05) is 31.2 Å². The van der Waals surface area contributed by atoms with E-state index in [0.717, 1.165) is 23.4 Å². The second-order valence-electron chi connectivity index (χ2n) is 4.65. The number of nitrogens with zero attached hydrogens (tertiary/aromatic N) is 3. The highest BCUT2D eigenvalue weighted by Crippen LogP contribution is 2.20. The quantitative estimate of drug-likeness (QED) is 0.791. The lowest BCUT2D eigenvalue weighted by molar-refractivity contribution is 0.0982. The van der Waals surface area contributed by atoms with E-state index in [-0.39, 0.29) is 5.78 Å². The van der Waals surface area contributed by atoms with E-state index >= 15 is 0 Å². The molecule has 2 aromatic rings. The Labute approximate surface area is 113 Å². The second kappa shape index (κ2) is 5.34. The summed E-state index contributed by atoms with van der Waals surface area (Å²) in [7, 11) is 0. The van der Waals surface area contributed by atoms with Crippen molar-refractivity contribution >= 4 is 5.78 Å². The molecule has 1 heterocycles. The summed E-state index contributed by atoms with van der Waals surface area (Å²) in [4.78, 5) is 11.9. The number of Topliss-reactive ketones (excluding diaryl/α,β-unsaturated/α-hetero) is 1. The fourth-order valence-electron chi connectivity index (χ4n) is 2.16. The van der Waals surface area contributed by atoms with Gasteiger partial charge in [-0.25, -0.2) is 4.68 Å². The highest BCUT2D eigenvalue weighted by molar-refractivity contribution is 5.95. The predicted octanol–water partition coefficient (Wildman–Crippen LogP) is 3.04. The lowest BCUT2D eigenvalue weighted by Gasteiger charge is -2.10. The zero-order valence-electron chi connectivity index (χ0n) is 11.9. The number of hydrogen-bond donors (Lipinski definition) is 0. The number of ketones is 1. The molecular weight excluding hydrogens is 238 g/mol. The molecule has 0 bridgehead atoms. The van der Waals surface area contributed by atoms with Crippen molar-refractivity contribution in [3.8, 4) is 5.69 Å². The first-order valence-corrected chi connectivity index (χ1v) is 6.64. The molecule has 100 valence electrons. The van der Waals surface area contributed by atoms with Gasteiger partial charge in [0.05, 0.1) is 11.4 Å². The van der Waals surface area contributed by atoms with Crippen molar-refractivity contribution in [3.63, 3.8) is 0 Å². The molecule has 19 heavy (non-hydrogen) atoms. The average Bonchev–Trinajstić information content (AvgIpc) is 2.84. The van der Waals surface area contributed by atoms with Crippen LogP contribution in [0.5, 0.6) is 0 Å². The van der Waals surface area contributed by atoms with Crippen LogP contribution < -0.4 is 0 Å². The summed E-state index contributed by atoms with van der Waals surface area (Å²) in [6.45, 7) is 8.00. The highest BCUT2D eigenvalue weighted by atomic mass is 16.1. The Kier molecular flexibility index (Phi) is 3.79. The van der Waals surface area contributed by atoms with Crippen molar-refractivity contribution in [2.24, 2.45) is 0 Å². The Morgan fingerprint density at radius 2 is 2.00 bits per heavy atom. The van der Waals surface area contributed by atoms with Gasteiger partial charge < -0.3 is 0 Å². The minimum absolute atomic E-state index is 0.0495. The summed E-state index contributed by atoms with van der Waals surface area (Å²) in [5.41, 5.74) is 4.77. The fourth-order valence-corrected chi connectivity index (χ4v) is 2.16. The molecule has 2 rings (SSSR count). The molecule has 1 aromatic heterocycles. The normalized spacial score (nSPS) is 10.7. The number of carbonyl (C=O) groups is 1. The summed E-state index contributed by atoms with van der Waals surface area (Å²) in [5, 5.41) is 8.24. The fraction of sp³-hybridized carbons (Fsp3) is 0.400. The van der Waals surface area contributed by atoms with E-state index in [1.165, 1.54) is 5.56 Å². The van der Waals surface area contributed by atoms with Gasteiger partial charge in [0.25, 0.3) is 0 Å². The van der Waals surface area contributed by atoms with Gasteiger partial charge in [0.1, 0.15) is 0 Å². The second-order valence-corrected chi connectivity index (χ2v) is 4.65. The van der Waals surface area contributed by atoms with Crippen LogP contribution >= 0.6 is 0 Å². The number of aromatic nitrogens is 3. The Balaban J connectivity index is 2.60. The van der Waals surface area contributed by atoms with Crippen LogP contribution in [0.25, 0.3) is 5.69 Å². The van der Waals surface area contributed by atoms with Crippen LogP contribution in [0.2, 0.25) is 0 Å². The van der Waals surface area contributed by atoms with Crippen LogP contribution in [0.1, 0.15) is 47.6 Å². The first-order valence-electron chi connectivity index (χ1n) is 6.64. The van der Waals surface area contributed by atoms with E-state index in [1.807, 2.05) is 26.0 Å². The van der Waals surface area contributed by atoms with E-state index in [9.17, 15) is 4.79 Å². The van der Waals surface area contributed by atoms with Crippen LogP contribution in [0.3, 0.4) is 0 Å². The molecule has 1 aromatic carbocycles. The lowest BCUT2D eigenvalue weighted by atomic mass is 10.1. The van der Waals surface area contributed by atoms with Crippen LogP contribution in [0.15, 0.2) is 18.2 Å². The molecule has 0 spiro atoms. The smallest absolute Gasteiger partial charge is 0.184 e. The van der Waals surface area contributed by atoms with E-state index in [1.54, 1.807) is 4.68 Å². The standard InChI is InChI=1S/C15H19N3O/c1-5-12-15(14(19)6-2)16-17-18(12)13-9-7-8-10(3)11(13)4/h7-9H,5-6H2,1-4H3. The monoisotopic (exact) mass is 257 g/mol. The molecule has 4 nitrogen and oxygen atoms in total. The summed E-state index contributed by atoms with van der Waals surface area (Å²) in [6.07, 6.45) is 1.19. The molecule has 0 atom stereocenters. The van der Waals surface area contributed by atoms with Crippen molar-refractivity contribution < 1.29 is 4.79 Å². The first-order chi connectivity index (χ1) is 9.10. The van der Waals surface area contributed by atoms with Gasteiger partial charge in [0, 0.05) is 6.42 Å². The van der Waals surface area contributed by atoms with Gasteiger partial charge in [-0.05, 0) is 37.5 Å². The molecule has 0 aliphatic carbocycles. The summed E-state index contributed by atoms with van der Waals surface area (Å²) < 4.78 is 1.80. The molecule has 0 fully saturated rings. The van der Waals surface area contributed by atoms with E-state index in [0.29, 0.717) is 12.1 Å². The molecule has 0 radical (unpaired) electrons. The van der Waals surface area contributed by atoms with Crippen molar-refractivity contribution in [1.29, 1.82) is 0 Å². The number of carbonyl (C=O) groups excluding carboxylic acids is 1. The maximum Gasteiger partial charge on any atom is 0.184 e. The van der Waals surface area contributed by atoms with E-state index < -0.39 is 0 Å². The number of aryl methyl sites for hydroxylation is 1. The highest BCUT2D eigenvalue weighted by Gasteiger charge is 2.18. The Hall–Kier alpha value is -1.97. The van der Waals surface area contributed by atoms with E-state index in [4.69, 9.17) is 0 Å². The Morgan fingerprint density at radius 1 is 1.26 bits per heavy atom. The minimum Gasteiger partial charge on any atom is -0.292 e. The van der Waals surface area contributed by atoms with Gasteiger partial charge in [0.15, 0.2) is 11.5 Å². The molecule has 0 unspecified atom stereocenters. The van der Waals surface area contributed by atoms with Crippen LogP contribution in [-0.4, -0.2) is 20.8 Å². The Morgan fingerprint density at radius 3 is 2.63 bits per heavy atom. The summed E-state index contributed by atoms with van der Waals surface area (Å²) >= 11 is 0. The third-order valence-corrected chi connectivity index (χ3v) is 3.49. The van der Waals surface area contributed by atoms with Gasteiger partial charge in [-0.15, -0.1) is 5.10 Å². The van der Waals surface area contributed by atoms with Crippen molar-refractivity contribution in [2.75, 3.05) is 0 Å². The lowest BCUT2D eigenvalue weighted by Crippen LogP contribution is -2.07. The van der Waals surface area contributed by atoms with Crippen LogP contribution in [0, 0.1) is 13.8 Å². The van der Waals surface area contributed by atoms with Gasteiger partial charge in [0.2, 0.25) is 0 Å². The largest absolute Gasteiger partial charge is 0.292 e. The molecule has 0 N–H and O–H groups in total. The number of benzene rings is 1. The Bertz CT molecular complexity index is 614. The molecule has 0 saturated heterocycles. The third kappa shape index (κ3) is 2.30. The van der Waals surface area contributed by atoms with Crippen LogP contribution in [-0.2, 0) is 6.42 Å². The number of hydrogen-bond acceptors (Lipinski definition) is 3. The number of rotatable bonds is 4. The molecular formula is C15H19N3O. The third-order valence-electron chi connectivity index (χ3n) is 3.49. The molecule has 0 aliphatic heterocycles. The topological polar surface area (TPSA) is 47.8 Å². The summed E-state index contributed by atoms with van der Waals surface area (Å²) in [5.74, 6) is 0.0495. The molecule has 4 heteroatoms. The van der Waals surface area contributed by atoms with Gasteiger partial charge in [-0.3, -0.25) is 4.79 Å². The van der Waals surface area contributed by atoms with Crippen molar-refractivity contribution in [1.82, 2.24) is 15.0 Å². The molecule has 0 amide bonds. The maximum absolute atomic E-state index is 11.9. The van der Waals surface area contributed by atoms with Crippen LogP contribution in [0.4, 0.5) is 0 Å². The molecule has 0 aliphatic rings. The maximum atomic E-state index is 11.9. The van der Waals surface area contributed by atoms with Gasteiger partial charge >= 0.3 is 0 Å². The zero-order valence-corrected chi connectivity index (χ0v) is 11.9. The van der Waals surface area contributed by atoms with Crippen molar-refractivity contribution in [2.45, 2.75) is 40.5 Å².